The van der Waals surface area contributed by atoms with Gasteiger partial charge < -0.3 is 14.2 Å². The Morgan fingerprint density at radius 3 is 1.85 bits per heavy atom. The first-order valence-corrected chi connectivity index (χ1v) is 13.3. The summed E-state index contributed by atoms with van der Waals surface area (Å²) in [4.78, 5) is 37.2. The van der Waals surface area contributed by atoms with Gasteiger partial charge in [0.05, 0.1) is 12.4 Å². The molecular formula is C24H40O9S. The Bertz CT molecular complexity index is 745. The number of unbranched alkanes of at least 4 members (excludes halogenated alkanes) is 6. The number of esters is 3. The van der Waals surface area contributed by atoms with Crippen molar-refractivity contribution in [1.29, 1.82) is 0 Å². The maximum atomic E-state index is 13.4. The van der Waals surface area contributed by atoms with Gasteiger partial charge in [0.2, 0.25) is 0 Å². The van der Waals surface area contributed by atoms with Crippen LogP contribution >= 0.6 is 0 Å². The molecule has 0 bridgehead atoms. The second-order valence-corrected chi connectivity index (χ2v) is 9.83. The highest BCUT2D eigenvalue weighted by Gasteiger charge is 2.53. The van der Waals surface area contributed by atoms with Crippen molar-refractivity contribution in [2.75, 3.05) is 12.4 Å². The van der Waals surface area contributed by atoms with E-state index in [0.29, 0.717) is 32.1 Å². The van der Waals surface area contributed by atoms with Gasteiger partial charge in [-0.2, -0.15) is 8.42 Å². The van der Waals surface area contributed by atoms with Crippen molar-refractivity contribution in [3.63, 3.8) is 0 Å². The Balaban J connectivity index is 5.52. The van der Waals surface area contributed by atoms with Gasteiger partial charge in [-0.05, 0) is 33.1 Å². The first kappa shape index (κ1) is 31.8. The van der Waals surface area contributed by atoms with Gasteiger partial charge in [0.15, 0.2) is 0 Å². The minimum absolute atomic E-state index is 0.0612. The Hall–Kier alpha value is -2.20. The van der Waals surface area contributed by atoms with Crippen molar-refractivity contribution >= 4 is 28.0 Å². The van der Waals surface area contributed by atoms with E-state index in [-0.39, 0.29) is 18.8 Å². The first-order chi connectivity index (χ1) is 15.9. The molecule has 0 radical (unpaired) electrons. The van der Waals surface area contributed by atoms with E-state index in [1.807, 2.05) is 0 Å². The molecule has 0 spiro atoms. The minimum Gasteiger partial charge on any atom is -0.465 e. The van der Waals surface area contributed by atoms with Crippen LogP contribution in [0.3, 0.4) is 0 Å². The van der Waals surface area contributed by atoms with Crippen LogP contribution in [0.5, 0.6) is 0 Å². The molecule has 0 aliphatic rings. The van der Waals surface area contributed by atoms with Crippen molar-refractivity contribution < 1.29 is 41.6 Å². The van der Waals surface area contributed by atoms with Gasteiger partial charge in [0, 0.05) is 12.2 Å². The van der Waals surface area contributed by atoms with E-state index in [1.54, 1.807) is 13.8 Å². The maximum absolute atomic E-state index is 13.4. The molecule has 2 unspecified atom stereocenters. The number of carbonyl (C=O) groups excluding carboxylic acids is 3. The fourth-order valence-corrected chi connectivity index (χ4v) is 4.28. The lowest BCUT2D eigenvalue weighted by atomic mass is 9.73. The van der Waals surface area contributed by atoms with E-state index in [2.05, 4.69) is 20.1 Å². The number of ether oxygens (including phenoxy) is 3. The third-order valence-electron chi connectivity index (χ3n) is 5.72. The molecule has 1 N–H and O–H groups in total. The van der Waals surface area contributed by atoms with Crippen molar-refractivity contribution in [1.82, 2.24) is 0 Å². The lowest BCUT2D eigenvalue weighted by Gasteiger charge is -2.40. The molecule has 0 saturated carbocycles. The zero-order valence-corrected chi connectivity index (χ0v) is 21.4. The van der Waals surface area contributed by atoms with Gasteiger partial charge >= 0.3 is 17.9 Å². The predicted octanol–water partition coefficient (Wildman–Crippen LogP) is 4.17. The summed E-state index contributed by atoms with van der Waals surface area (Å²) in [6.45, 7) is 12.0. The molecule has 0 aromatic carbocycles. The largest absolute Gasteiger partial charge is 0.465 e. The Morgan fingerprint density at radius 1 is 0.882 bits per heavy atom. The van der Waals surface area contributed by atoms with Crippen molar-refractivity contribution in [3.05, 3.63) is 25.3 Å². The lowest BCUT2D eigenvalue weighted by molar-refractivity contribution is -0.188. The Kier molecular flexibility index (Phi) is 15.4. The molecule has 0 aliphatic carbocycles. The third-order valence-corrected chi connectivity index (χ3v) is 6.53. The number of hydrogen-bond acceptors (Lipinski definition) is 8. The predicted molar refractivity (Wildman–Crippen MR) is 129 cm³/mol. The standard InChI is InChI=1S/C24H40O9S/c1-6-9-10-13-16-24(19(4)32-21(25)7-2,20(5)33-22(26)8-3)23(27)31-17-14-11-12-15-18-34(28,29)30/h7-8,19-20H,2-3,6,9-18H2,1,4-5H3,(H,28,29,30). The van der Waals surface area contributed by atoms with E-state index < -0.39 is 45.6 Å². The maximum Gasteiger partial charge on any atom is 0.330 e. The Labute approximate surface area is 203 Å². The van der Waals surface area contributed by atoms with Crippen LogP contribution in [0.2, 0.25) is 0 Å². The molecule has 9 nitrogen and oxygen atoms in total. The van der Waals surface area contributed by atoms with Gasteiger partial charge in [-0.3, -0.25) is 9.35 Å². The normalized spacial score (nSPS) is 14.8. The lowest BCUT2D eigenvalue weighted by Crippen LogP contribution is -2.53. The average Bonchev–Trinajstić information content (AvgIpc) is 2.77. The van der Waals surface area contributed by atoms with Crippen LogP contribution in [0.15, 0.2) is 25.3 Å². The fourth-order valence-electron chi connectivity index (χ4n) is 3.71. The molecule has 0 heterocycles. The monoisotopic (exact) mass is 504 g/mol. The molecule has 0 amide bonds. The summed E-state index contributed by atoms with van der Waals surface area (Å²) in [6.07, 6.45) is 5.66. The van der Waals surface area contributed by atoms with E-state index in [1.165, 1.54) is 0 Å². The van der Waals surface area contributed by atoms with Gasteiger partial charge in [0.1, 0.15) is 17.6 Å². The first-order valence-electron chi connectivity index (χ1n) is 11.7. The van der Waals surface area contributed by atoms with Crippen LogP contribution in [0, 0.1) is 5.41 Å². The summed E-state index contributed by atoms with van der Waals surface area (Å²) in [5, 5.41) is 0. The third kappa shape index (κ3) is 11.8. The molecule has 0 fully saturated rings. The second-order valence-electron chi connectivity index (χ2n) is 8.25. The van der Waals surface area contributed by atoms with Crippen molar-refractivity contribution in [2.24, 2.45) is 5.41 Å². The van der Waals surface area contributed by atoms with Gasteiger partial charge in [-0.1, -0.05) is 58.6 Å². The van der Waals surface area contributed by atoms with Gasteiger partial charge in [-0.15, -0.1) is 0 Å². The second kappa shape index (κ2) is 16.4. The van der Waals surface area contributed by atoms with Crippen LogP contribution in [0.1, 0.15) is 78.6 Å². The molecule has 0 aliphatic heterocycles. The molecule has 196 valence electrons. The van der Waals surface area contributed by atoms with Crippen molar-refractivity contribution in [3.8, 4) is 0 Å². The number of hydrogen-bond donors (Lipinski definition) is 1. The highest BCUT2D eigenvalue weighted by atomic mass is 32.2. The summed E-state index contributed by atoms with van der Waals surface area (Å²) in [5.74, 6) is -2.37. The highest BCUT2D eigenvalue weighted by Crippen LogP contribution is 2.39. The SMILES string of the molecule is C=CC(=O)OC(C)C(CCCCCC)(C(=O)OCCCCCCS(=O)(=O)O)C(C)OC(=O)C=C. The van der Waals surface area contributed by atoms with Crippen LogP contribution in [-0.4, -0.2) is 55.4 Å². The summed E-state index contributed by atoms with van der Waals surface area (Å²) in [6, 6.07) is 0. The molecule has 10 heteroatoms. The van der Waals surface area contributed by atoms with E-state index >= 15 is 0 Å². The molecule has 0 aromatic heterocycles. The summed E-state index contributed by atoms with van der Waals surface area (Å²) in [7, 11) is -3.99. The molecule has 0 aromatic rings. The molecule has 2 atom stereocenters. The highest BCUT2D eigenvalue weighted by molar-refractivity contribution is 7.85. The zero-order chi connectivity index (χ0) is 26.2. The van der Waals surface area contributed by atoms with E-state index in [9.17, 15) is 22.8 Å². The Morgan fingerprint density at radius 2 is 1.38 bits per heavy atom. The van der Waals surface area contributed by atoms with Crippen LogP contribution in [0.25, 0.3) is 0 Å². The summed E-state index contributed by atoms with van der Waals surface area (Å²) in [5.41, 5.74) is -1.43. The van der Waals surface area contributed by atoms with Crippen LogP contribution in [0.4, 0.5) is 0 Å². The van der Waals surface area contributed by atoms with Crippen LogP contribution in [-0.2, 0) is 38.7 Å². The topological polar surface area (TPSA) is 133 Å². The van der Waals surface area contributed by atoms with E-state index in [4.69, 9.17) is 18.8 Å². The average molecular weight is 505 g/mol. The number of carbonyl (C=O) groups is 3. The number of rotatable bonds is 19. The zero-order valence-electron chi connectivity index (χ0n) is 20.6. The minimum atomic E-state index is -3.99. The fraction of sp³-hybridized carbons (Fsp3) is 0.708. The molecule has 34 heavy (non-hydrogen) atoms. The summed E-state index contributed by atoms with van der Waals surface area (Å²) >= 11 is 0. The summed E-state index contributed by atoms with van der Waals surface area (Å²) < 4.78 is 46.7. The van der Waals surface area contributed by atoms with Crippen molar-refractivity contribution in [2.45, 2.75) is 90.8 Å². The molecule has 0 saturated heterocycles. The van der Waals surface area contributed by atoms with Gasteiger partial charge in [0.25, 0.3) is 10.1 Å². The quantitative estimate of drug-likeness (QED) is 0.0904. The molecule has 0 rings (SSSR count). The van der Waals surface area contributed by atoms with Crippen LogP contribution < -0.4 is 0 Å². The smallest absolute Gasteiger partial charge is 0.330 e. The van der Waals surface area contributed by atoms with Gasteiger partial charge in [-0.25, -0.2) is 9.59 Å². The molecular weight excluding hydrogens is 464 g/mol. The van der Waals surface area contributed by atoms with E-state index in [0.717, 1.165) is 31.4 Å².